The standard InChI is InChI=1S/C14H18N2O2S/c1-10(8-18-11-6-7-17-9-11)15-14-16-12-4-2-3-5-13(12)19-14/h2-5,10-11H,6-9H2,1H3,(H,15,16). The Hall–Kier alpha value is -1.17. The van der Waals surface area contributed by atoms with Gasteiger partial charge in [0.05, 0.1) is 29.5 Å². The van der Waals surface area contributed by atoms with Gasteiger partial charge in [-0.15, -0.1) is 0 Å². The number of thiazole rings is 1. The molecule has 2 unspecified atom stereocenters. The Morgan fingerprint density at radius 3 is 3.21 bits per heavy atom. The van der Waals surface area contributed by atoms with Crippen molar-refractivity contribution < 1.29 is 9.47 Å². The zero-order valence-corrected chi connectivity index (χ0v) is 11.8. The molecule has 0 saturated carbocycles. The van der Waals surface area contributed by atoms with Crippen molar-refractivity contribution >= 4 is 26.7 Å². The number of aromatic nitrogens is 1. The monoisotopic (exact) mass is 278 g/mol. The number of anilines is 1. The van der Waals surface area contributed by atoms with Crippen LogP contribution in [0.5, 0.6) is 0 Å². The number of hydrogen-bond acceptors (Lipinski definition) is 5. The van der Waals surface area contributed by atoms with Gasteiger partial charge in [-0.25, -0.2) is 4.98 Å². The summed E-state index contributed by atoms with van der Waals surface area (Å²) in [6.45, 7) is 4.35. The first-order valence-corrected chi connectivity index (χ1v) is 7.44. The van der Waals surface area contributed by atoms with Crippen LogP contribution >= 0.6 is 11.3 Å². The molecule has 1 saturated heterocycles. The second-order valence-corrected chi connectivity index (χ2v) is 5.88. The number of para-hydroxylation sites is 1. The van der Waals surface area contributed by atoms with E-state index >= 15 is 0 Å². The molecule has 0 aliphatic carbocycles. The van der Waals surface area contributed by atoms with E-state index in [1.54, 1.807) is 11.3 Å². The predicted molar refractivity (Wildman–Crippen MR) is 77.9 cm³/mol. The number of nitrogens with one attached hydrogen (secondary N) is 1. The lowest BCUT2D eigenvalue weighted by atomic mass is 10.3. The minimum absolute atomic E-state index is 0.251. The predicted octanol–water partition coefficient (Wildman–Crippen LogP) is 2.90. The Labute approximate surface area is 116 Å². The van der Waals surface area contributed by atoms with Gasteiger partial charge >= 0.3 is 0 Å². The summed E-state index contributed by atoms with van der Waals surface area (Å²) >= 11 is 1.68. The first-order chi connectivity index (χ1) is 9.31. The van der Waals surface area contributed by atoms with E-state index < -0.39 is 0 Å². The molecule has 0 spiro atoms. The Balaban J connectivity index is 1.54. The fourth-order valence-corrected chi connectivity index (χ4v) is 3.09. The molecule has 1 aromatic heterocycles. The molecular formula is C14H18N2O2S. The number of ether oxygens (including phenoxy) is 2. The number of hydrogen-bond donors (Lipinski definition) is 1. The molecule has 0 amide bonds. The third-order valence-corrected chi connectivity index (χ3v) is 4.10. The van der Waals surface area contributed by atoms with Gasteiger partial charge in [0.1, 0.15) is 0 Å². The maximum Gasteiger partial charge on any atom is 0.184 e. The molecular weight excluding hydrogens is 260 g/mol. The van der Waals surface area contributed by atoms with Crippen molar-refractivity contribution in [1.29, 1.82) is 0 Å². The van der Waals surface area contributed by atoms with Crippen LogP contribution in [-0.4, -0.2) is 37.0 Å². The van der Waals surface area contributed by atoms with Crippen LogP contribution in [0.3, 0.4) is 0 Å². The van der Waals surface area contributed by atoms with Crippen molar-refractivity contribution in [3.05, 3.63) is 24.3 Å². The molecule has 5 heteroatoms. The van der Waals surface area contributed by atoms with Crippen molar-refractivity contribution in [3.8, 4) is 0 Å². The van der Waals surface area contributed by atoms with Crippen molar-refractivity contribution in [1.82, 2.24) is 4.98 Å². The van der Waals surface area contributed by atoms with E-state index in [1.807, 2.05) is 18.2 Å². The summed E-state index contributed by atoms with van der Waals surface area (Å²) in [5.74, 6) is 0. The van der Waals surface area contributed by atoms with Gasteiger partial charge in [-0.05, 0) is 25.5 Å². The van der Waals surface area contributed by atoms with Crippen LogP contribution in [0.15, 0.2) is 24.3 Å². The highest BCUT2D eigenvalue weighted by Gasteiger charge is 2.17. The van der Waals surface area contributed by atoms with Crippen molar-refractivity contribution in [2.75, 3.05) is 25.1 Å². The Bertz CT molecular complexity index is 504. The van der Waals surface area contributed by atoms with Gasteiger partial charge in [-0.2, -0.15) is 0 Å². The molecule has 1 fully saturated rings. The van der Waals surface area contributed by atoms with Gasteiger partial charge in [0.2, 0.25) is 0 Å². The van der Waals surface area contributed by atoms with Gasteiger partial charge in [-0.3, -0.25) is 0 Å². The normalized spacial score (nSPS) is 20.8. The first kappa shape index (κ1) is 12.8. The lowest BCUT2D eigenvalue weighted by molar-refractivity contribution is 0.0395. The average molecular weight is 278 g/mol. The lowest BCUT2D eigenvalue weighted by Gasteiger charge is -2.16. The van der Waals surface area contributed by atoms with Crippen LogP contribution in [0.2, 0.25) is 0 Å². The first-order valence-electron chi connectivity index (χ1n) is 6.63. The second-order valence-electron chi connectivity index (χ2n) is 4.85. The Morgan fingerprint density at radius 2 is 2.42 bits per heavy atom. The van der Waals surface area contributed by atoms with Crippen LogP contribution in [0.1, 0.15) is 13.3 Å². The molecule has 2 atom stereocenters. The van der Waals surface area contributed by atoms with E-state index in [-0.39, 0.29) is 12.1 Å². The fourth-order valence-electron chi connectivity index (χ4n) is 2.11. The van der Waals surface area contributed by atoms with Crippen LogP contribution < -0.4 is 5.32 Å². The molecule has 2 heterocycles. The van der Waals surface area contributed by atoms with Crippen molar-refractivity contribution in [2.45, 2.75) is 25.5 Å². The highest BCUT2D eigenvalue weighted by Crippen LogP contribution is 2.25. The minimum Gasteiger partial charge on any atom is -0.379 e. The van der Waals surface area contributed by atoms with Crippen LogP contribution in [0.4, 0.5) is 5.13 Å². The molecule has 0 radical (unpaired) electrons. The maximum absolute atomic E-state index is 5.80. The van der Waals surface area contributed by atoms with Gasteiger partial charge < -0.3 is 14.8 Å². The molecule has 19 heavy (non-hydrogen) atoms. The zero-order chi connectivity index (χ0) is 13.1. The molecule has 3 rings (SSSR count). The lowest BCUT2D eigenvalue weighted by Crippen LogP contribution is -2.25. The number of fused-ring (bicyclic) bond motifs is 1. The third-order valence-electron chi connectivity index (χ3n) is 3.13. The number of rotatable bonds is 5. The van der Waals surface area contributed by atoms with E-state index in [9.17, 15) is 0 Å². The summed E-state index contributed by atoms with van der Waals surface area (Å²) in [6, 6.07) is 8.43. The van der Waals surface area contributed by atoms with Gasteiger partial charge in [-0.1, -0.05) is 23.5 Å². The molecule has 2 aromatic rings. The Morgan fingerprint density at radius 1 is 1.53 bits per heavy atom. The van der Waals surface area contributed by atoms with E-state index in [2.05, 4.69) is 23.3 Å². The van der Waals surface area contributed by atoms with E-state index in [1.165, 1.54) is 4.70 Å². The summed E-state index contributed by atoms with van der Waals surface area (Å²) in [5.41, 5.74) is 1.05. The van der Waals surface area contributed by atoms with E-state index in [0.29, 0.717) is 6.61 Å². The summed E-state index contributed by atoms with van der Waals surface area (Å²) < 4.78 is 12.3. The molecule has 1 aromatic carbocycles. The highest BCUT2D eigenvalue weighted by molar-refractivity contribution is 7.22. The van der Waals surface area contributed by atoms with E-state index in [0.717, 1.165) is 30.3 Å². The summed E-state index contributed by atoms with van der Waals surface area (Å²) in [6.07, 6.45) is 1.27. The van der Waals surface area contributed by atoms with Gasteiger partial charge in [0.25, 0.3) is 0 Å². The summed E-state index contributed by atoms with van der Waals surface area (Å²) in [7, 11) is 0. The molecule has 0 bridgehead atoms. The van der Waals surface area contributed by atoms with Crippen LogP contribution in [0.25, 0.3) is 10.2 Å². The Kier molecular flexibility index (Phi) is 3.96. The quantitative estimate of drug-likeness (QED) is 0.913. The maximum atomic E-state index is 5.80. The van der Waals surface area contributed by atoms with Crippen molar-refractivity contribution in [2.24, 2.45) is 0 Å². The van der Waals surface area contributed by atoms with Gasteiger partial charge in [0.15, 0.2) is 5.13 Å². The molecule has 102 valence electrons. The average Bonchev–Trinajstić information content (AvgIpc) is 3.04. The second kappa shape index (κ2) is 5.86. The molecule has 1 N–H and O–H groups in total. The van der Waals surface area contributed by atoms with Crippen molar-refractivity contribution in [3.63, 3.8) is 0 Å². The minimum atomic E-state index is 0.251. The summed E-state index contributed by atoms with van der Waals surface area (Å²) in [5, 5.41) is 4.36. The smallest absolute Gasteiger partial charge is 0.184 e. The van der Waals surface area contributed by atoms with Gasteiger partial charge in [0, 0.05) is 12.6 Å². The van der Waals surface area contributed by atoms with Crippen LogP contribution in [0, 0.1) is 0 Å². The number of benzene rings is 1. The van der Waals surface area contributed by atoms with E-state index in [4.69, 9.17) is 9.47 Å². The third kappa shape index (κ3) is 3.23. The number of nitrogens with zero attached hydrogens (tertiary/aromatic N) is 1. The molecule has 1 aliphatic rings. The molecule has 1 aliphatic heterocycles. The fraction of sp³-hybridized carbons (Fsp3) is 0.500. The largest absolute Gasteiger partial charge is 0.379 e. The zero-order valence-electron chi connectivity index (χ0n) is 11.0. The topological polar surface area (TPSA) is 43.4 Å². The SMILES string of the molecule is CC(COC1CCOC1)Nc1nc2ccccc2s1. The summed E-state index contributed by atoms with van der Waals surface area (Å²) in [4.78, 5) is 4.56. The van der Waals surface area contributed by atoms with Crippen LogP contribution in [-0.2, 0) is 9.47 Å². The highest BCUT2D eigenvalue weighted by atomic mass is 32.1. The molecule has 4 nitrogen and oxygen atoms in total.